The monoisotopic (exact) mass is 248 g/mol. The highest BCUT2D eigenvalue weighted by Gasteiger charge is 2.12. The van der Waals surface area contributed by atoms with E-state index in [0.29, 0.717) is 0 Å². The van der Waals surface area contributed by atoms with Crippen LogP contribution < -0.4 is 10.3 Å². The van der Waals surface area contributed by atoms with Crippen LogP contribution in [0.25, 0.3) is 0 Å². The van der Waals surface area contributed by atoms with E-state index >= 15 is 0 Å². The number of carboxylic acids is 1. The van der Waals surface area contributed by atoms with Gasteiger partial charge in [-0.3, -0.25) is 4.79 Å². The Morgan fingerprint density at radius 2 is 2.06 bits per heavy atom. The molecule has 6 heteroatoms. The van der Waals surface area contributed by atoms with Gasteiger partial charge in [-0.2, -0.15) is 0 Å². The number of hydrogen-bond donors (Lipinski definition) is 2. The molecule has 2 N–H and O–H groups in total. The smallest absolute Gasteiger partial charge is 0.342 e. The molecule has 1 heterocycles. The zero-order valence-corrected chi connectivity index (χ0v) is 9.71. The van der Waals surface area contributed by atoms with E-state index in [0.717, 1.165) is 11.3 Å². The van der Waals surface area contributed by atoms with E-state index < -0.39 is 11.5 Å². The molecule has 0 radical (unpaired) electrons. The number of nitrogens with zero attached hydrogens (tertiary/aromatic N) is 1. The summed E-state index contributed by atoms with van der Waals surface area (Å²) in [6, 6.07) is 7.18. The number of hydrogen-bond acceptors (Lipinski definition) is 3. The van der Waals surface area contributed by atoms with Crippen LogP contribution in [0.5, 0.6) is 5.75 Å². The Bertz CT molecular complexity index is 610. The molecule has 0 saturated heterocycles. The topological polar surface area (TPSA) is 84.3 Å². The van der Waals surface area contributed by atoms with Gasteiger partial charge >= 0.3 is 5.97 Å². The lowest BCUT2D eigenvalue weighted by atomic mass is 10.2. The third-order valence-corrected chi connectivity index (χ3v) is 2.57. The first kappa shape index (κ1) is 12.0. The third kappa shape index (κ3) is 2.27. The van der Waals surface area contributed by atoms with Crippen molar-refractivity contribution in [2.75, 3.05) is 7.11 Å². The predicted octanol–water partition coefficient (Wildman–Crippen LogP) is 0.931. The van der Waals surface area contributed by atoms with E-state index in [1.807, 2.05) is 12.1 Å². The minimum atomic E-state index is -1.23. The van der Waals surface area contributed by atoms with Crippen molar-refractivity contribution >= 4 is 5.97 Å². The summed E-state index contributed by atoms with van der Waals surface area (Å²) in [6.07, 6.45) is 1.19. The molecule has 94 valence electrons. The van der Waals surface area contributed by atoms with Crippen LogP contribution in [0.4, 0.5) is 0 Å². The van der Waals surface area contributed by atoms with Gasteiger partial charge in [0.1, 0.15) is 11.3 Å². The van der Waals surface area contributed by atoms with Crippen molar-refractivity contribution in [2.24, 2.45) is 0 Å². The second-order valence-corrected chi connectivity index (χ2v) is 3.73. The van der Waals surface area contributed by atoms with Gasteiger partial charge in [0.15, 0.2) is 0 Å². The van der Waals surface area contributed by atoms with Crippen LogP contribution >= 0.6 is 0 Å². The lowest BCUT2D eigenvalue weighted by Crippen LogP contribution is -2.21. The molecule has 0 amide bonds. The molecule has 0 aliphatic rings. The van der Waals surface area contributed by atoms with Crippen molar-refractivity contribution in [1.29, 1.82) is 0 Å². The summed E-state index contributed by atoms with van der Waals surface area (Å²) in [6.45, 7) is 0.288. The largest absolute Gasteiger partial charge is 0.497 e. The maximum absolute atomic E-state index is 11.7. The minimum Gasteiger partial charge on any atom is -0.497 e. The highest BCUT2D eigenvalue weighted by Crippen LogP contribution is 2.11. The highest BCUT2D eigenvalue weighted by atomic mass is 16.5. The fraction of sp³-hybridized carbons (Fsp3) is 0.167. The van der Waals surface area contributed by atoms with Gasteiger partial charge in [-0.15, -0.1) is 0 Å². The molecule has 2 aromatic rings. The van der Waals surface area contributed by atoms with Crippen molar-refractivity contribution in [3.8, 4) is 5.75 Å². The Balaban J connectivity index is 2.23. The average Bonchev–Trinajstić information content (AvgIpc) is 2.72. The van der Waals surface area contributed by atoms with Crippen molar-refractivity contribution in [1.82, 2.24) is 9.78 Å². The SMILES string of the molecule is COc1ccc(Cn2[nH]cc(C(=O)O)c2=O)cc1. The Morgan fingerprint density at radius 1 is 1.39 bits per heavy atom. The molecular weight excluding hydrogens is 236 g/mol. The summed E-state index contributed by atoms with van der Waals surface area (Å²) in [5.74, 6) is -0.506. The highest BCUT2D eigenvalue weighted by molar-refractivity contribution is 5.86. The van der Waals surface area contributed by atoms with Gasteiger partial charge in [0.05, 0.1) is 13.7 Å². The number of benzene rings is 1. The number of carbonyl (C=O) groups is 1. The Hall–Kier alpha value is -2.50. The molecule has 1 aromatic heterocycles. The predicted molar refractivity (Wildman–Crippen MR) is 64.1 cm³/mol. The number of methoxy groups -OCH3 is 1. The van der Waals surface area contributed by atoms with Gasteiger partial charge in [-0.05, 0) is 17.7 Å². The molecule has 0 bridgehead atoms. The molecular formula is C12H12N2O4. The van der Waals surface area contributed by atoms with Crippen molar-refractivity contribution < 1.29 is 14.6 Å². The van der Waals surface area contributed by atoms with E-state index in [2.05, 4.69) is 5.10 Å². The molecule has 0 spiro atoms. The zero-order valence-electron chi connectivity index (χ0n) is 9.71. The summed E-state index contributed by atoms with van der Waals surface area (Å²) in [4.78, 5) is 22.4. The minimum absolute atomic E-state index is 0.261. The summed E-state index contributed by atoms with van der Waals surface area (Å²) < 4.78 is 6.27. The number of aromatic nitrogens is 2. The van der Waals surface area contributed by atoms with E-state index in [1.54, 1.807) is 19.2 Å². The van der Waals surface area contributed by atoms with Gasteiger partial charge in [0.2, 0.25) is 0 Å². The van der Waals surface area contributed by atoms with Gasteiger partial charge in [0, 0.05) is 6.20 Å². The van der Waals surface area contributed by atoms with Crippen molar-refractivity contribution in [2.45, 2.75) is 6.54 Å². The van der Waals surface area contributed by atoms with Gasteiger partial charge < -0.3 is 14.9 Å². The molecule has 0 saturated carbocycles. The fourth-order valence-electron chi connectivity index (χ4n) is 1.59. The van der Waals surface area contributed by atoms with Gasteiger partial charge in [-0.1, -0.05) is 12.1 Å². The molecule has 6 nitrogen and oxygen atoms in total. The Labute approximate surface area is 102 Å². The molecule has 2 rings (SSSR count). The van der Waals surface area contributed by atoms with E-state index in [9.17, 15) is 9.59 Å². The maximum Gasteiger partial charge on any atom is 0.342 e. The lowest BCUT2D eigenvalue weighted by Gasteiger charge is -2.03. The Morgan fingerprint density at radius 3 is 2.56 bits per heavy atom. The number of carboxylic acid groups (broad SMARTS) is 1. The number of rotatable bonds is 4. The van der Waals surface area contributed by atoms with Gasteiger partial charge in [-0.25, -0.2) is 9.48 Å². The van der Waals surface area contributed by atoms with Crippen LogP contribution in [0, 0.1) is 0 Å². The summed E-state index contributed by atoms with van der Waals surface area (Å²) in [5.41, 5.74) is 0.0681. The first-order valence-corrected chi connectivity index (χ1v) is 5.26. The van der Waals surface area contributed by atoms with E-state index in [1.165, 1.54) is 10.9 Å². The van der Waals surface area contributed by atoms with E-state index in [4.69, 9.17) is 9.84 Å². The van der Waals surface area contributed by atoms with E-state index in [-0.39, 0.29) is 12.1 Å². The molecule has 0 aliphatic carbocycles. The standard InChI is InChI=1S/C12H12N2O4/c1-18-9-4-2-8(3-5-9)7-14-11(15)10(6-13-14)12(16)17/h2-6,13H,7H2,1H3,(H,16,17). The zero-order chi connectivity index (χ0) is 13.1. The number of nitrogens with one attached hydrogen (secondary N) is 1. The van der Waals surface area contributed by atoms with Crippen LogP contribution in [-0.4, -0.2) is 28.0 Å². The Kier molecular flexibility index (Phi) is 3.18. The average molecular weight is 248 g/mol. The molecule has 1 aromatic carbocycles. The summed E-state index contributed by atoms with van der Waals surface area (Å²) >= 11 is 0. The molecule has 0 unspecified atom stereocenters. The number of H-pyrrole nitrogens is 1. The molecule has 18 heavy (non-hydrogen) atoms. The first-order chi connectivity index (χ1) is 8.61. The maximum atomic E-state index is 11.7. The summed E-state index contributed by atoms with van der Waals surface area (Å²) in [7, 11) is 1.57. The normalized spacial score (nSPS) is 10.3. The van der Waals surface area contributed by atoms with Crippen molar-refractivity contribution in [3.05, 3.63) is 51.9 Å². The van der Waals surface area contributed by atoms with Crippen LogP contribution in [0.1, 0.15) is 15.9 Å². The lowest BCUT2D eigenvalue weighted by molar-refractivity contribution is 0.0695. The number of aromatic amines is 1. The molecule has 0 atom stereocenters. The number of ether oxygens (including phenoxy) is 1. The van der Waals surface area contributed by atoms with Crippen LogP contribution in [0.15, 0.2) is 35.3 Å². The molecule has 0 aliphatic heterocycles. The molecule has 0 fully saturated rings. The van der Waals surface area contributed by atoms with Gasteiger partial charge in [0.25, 0.3) is 5.56 Å². The van der Waals surface area contributed by atoms with Crippen LogP contribution in [0.3, 0.4) is 0 Å². The quantitative estimate of drug-likeness (QED) is 0.843. The second-order valence-electron chi connectivity index (χ2n) is 3.73. The first-order valence-electron chi connectivity index (χ1n) is 5.26. The number of aromatic carboxylic acids is 1. The fourth-order valence-corrected chi connectivity index (χ4v) is 1.59. The van der Waals surface area contributed by atoms with Crippen LogP contribution in [-0.2, 0) is 6.54 Å². The summed E-state index contributed by atoms with van der Waals surface area (Å²) in [5, 5.41) is 11.4. The third-order valence-electron chi connectivity index (χ3n) is 2.57. The second kappa shape index (κ2) is 4.79. The van der Waals surface area contributed by atoms with Crippen molar-refractivity contribution in [3.63, 3.8) is 0 Å². The van der Waals surface area contributed by atoms with Crippen LogP contribution in [0.2, 0.25) is 0 Å².